The van der Waals surface area contributed by atoms with Gasteiger partial charge in [-0.15, -0.1) is 0 Å². The first-order valence-electron chi connectivity index (χ1n) is 13.4. The van der Waals surface area contributed by atoms with E-state index in [1.165, 1.54) is 61.0 Å². The highest BCUT2D eigenvalue weighted by molar-refractivity contribution is 5.87. The van der Waals surface area contributed by atoms with E-state index in [9.17, 15) is 0 Å². The lowest BCUT2D eigenvalue weighted by molar-refractivity contribution is 0.969. The summed E-state index contributed by atoms with van der Waals surface area (Å²) in [6.07, 6.45) is 12.4. The molecular formula is C32H38N4. The second-order valence-electron chi connectivity index (χ2n) is 10.0. The predicted molar refractivity (Wildman–Crippen MR) is 155 cm³/mol. The minimum Gasteiger partial charge on any atom is -0.355 e. The van der Waals surface area contributed by atoms with Gasteiger partial charge in [-0.2, -0.15) is 0 Å². The summed E-state index contributed by atoms with van der Waals surface area (Å²) >= 11 is 0. The van der Waals surface area contributed by atoms with Gasteiger partial charge in [0.15, 0.2) is 0 Å². The summed E-state index contributed by atoms with van der Waals surface area (Å²) in [5.74, 6) is 0. The molecule has 4 heteroatoms. The Morgan fingerprint density at radius 2 is 1.08 bits per heavy atom. The van der Waals surface area contributed by atoms with Crippen LogP contribution in [0.5, 0.6) is 0 Å². The Morgan fingerprint density at radius 3 is 1.58 bits per heavy atom. The van der Waals surface area contributed by atoms with Gasteiger partial charge in [0, 0.05) is 45.8 Å². The molecule has 36 heavy (non-hydrogen) atoms. The van der Waals surface area contributed by atoms with Crippen molar-refractivity contribution in [2.75, 3.05) is 0 Å². The van der Waals surface area contributed by atoms with Crippen LogP contribution in [0.3, 0.4) is 0 Å². The summed E-state index contributed by atoms with van der Waals surface area (Å²) in [6.45, 7) is 15.7. The molecule has 0 amide bonds. The number of hydrogen-bond donors (Lipinski definition) is 1. The first-order valence-corrected chi connectivity index (χ1v) is 13.4. The molecule has 8 bridgehead atoms. The highest BCUT2D eigenvalue weighted by atomic mass is 14.9. The molecule has 2 aliphatic heterocycles. The lowest BCUT2D eigenvalue weighted by Crippen LogP contribution is -1.98. The number of H-pyrrole nitrogens is 1. The van der Waals surface area contributed by atoms with Gasteiger partial charge in [0.25, 0.3) is 0 Å². The minimum atomic E-state index is 0.892. The molecule has 3 aromatic rings. The number of hydrogen-bond acceptors (Lipinski definition) is 2. The average Bonchev–Trinajstić information content (AvgIpc) is 3.64. The molecule has 0 spiro atoms. The maximum atomic E-state index is 5.18. The van der Waals surface area contributed by atoms with E-state index >= 15 is 0 Å². The molecule has 0 saturated carbocycles. The number of aryl methyl sites for hydroxylation is 7. The van der Waals surface area contributed by atoms with E-state index < -0.39 is 0 Å². The van der Waals surface area contributed by atoms with Gasteiger partial charge in [0.05, 0.1) is 22.8 Å². The Labute approximate surface area is 214 Å². The van der Waals surface area contributed by atoms with Crippen LogP contribution in [0.2, 0.25) is 0 Å². The second-order valence-corrected chi connectivity index (χ2v) is 10.0. The average molecular weight is 479 g/mol. The van der Waals surface area contributed by atoms with Crippen molar-refractivity contribution in [1.82, 2.24) is 19.5 Å². The van der Waals surface area contributed by atoms with Crippen LogP contribution in [0, 0.1) is 20.8 Å². The standard InChI is InChI=1S/C32H38N4/c1-9-21-25-13-14-27(33-25)22(10-2)29-17-18(5)30(35-29)24(12-4)32-20(7)19(6)31(36(32)8)23(11-3)28-16-15-26(21)34-28/h13-17,35H,9-12H2,1-8H3. The summed E-state index contributed by atoms with van der Waals surface area (Å²) in [7, 11) is 2.23. The molecule has 0 atom stereocenters. The quantitative estimate of drug-likeness (QED) is 0.286. The summed E-state index contributed by atoms with van der Waals surface area (Å²) in [6, 6.07) is 2.31. The van der Waals surface area contributed by atoms with Crippen molar-refractivity contribution in [3.63, 3.8) is 0 Å². The largest absolute Gasteiger partial charge is 0.355 e. The molecule has 2 aliphatic rings. The van der Waals surface area contributed by atoms with Gasteiger partial charge in [-0.3, -0.25) is 0 Å². The second kappa shape index (κ2) is 9.24. The molecular weight excluding hydrogens is 440 g/mol. The first-order chi connectivity index (χ1) is 17.3. The van der Waals surface area contributed by atoms with Gasteiger partial charge in [-0.05, 0) is 99.1 Å². The highest BCUT2D eigenvalue weighted by Gasteiger charge is 2.19. The Bertz CT molecular complexity index is 1610. The molecule has 0 aromatic carbocycles. The van der Waals surface area contributed by atoms with Crippen molar-refractivity contribution in [3.05, 3.63) is 67.8 Å². The van der Waals surface area contributed by atoms with Crippen LogP contribution in [-0.4, -0.2) is 19.5 Å². The van der Waals surface area contributed by atoms with Crippen molar-refractivity contribution in [2.24, 2.45) is 7.05 Å². The van der Waals surface area contributed by atoms with Gasteiger partial charge in [0.1, 0.15) is 0 Å². The summed E-state index contributed by atoms with van der Waals surface area (Å²) in [5.41, 5.74) is 18.3. The molecule has 3 aromatic heterocycles. The molecule has 186 valence electrons. The predicted octanol–water partition coefficient (Wildman–Crippen LogP) is 7.84. The molecule has 0 unspecified atom stereocenters. The molecule has 5 rings (SSSR count). The molecule has 1 N–H and O–H groups in total. The maximum Gasteiger partial charge on any atom is 0.0691 e. The van der Waals surface area contributed by atoms with Crippen molar-refractivity contribution >= 4 is 46.4 Å². The van der Waals surface area contributed by atoms with Crippen molar-refractivity contribution < 1.29 is 0 Å². The van der Waals surface area contributed by atoms with E-state index in [0.29, 0.717) is 0 Å². The minimum absolute atomic E-state index is 0.892. The zero-order valence-electron chi connectivity index (χ0n) is 23.1. The van der Waals surface area contributed by atoms with Crippen LogP contribution in [0.15, 0.2) is 6.07 Å². The maximum absolute atomic E-state index is 5.18. The van der Waals surface area contributed by atoms with Gasteiger partial charge >= 0.3 is 0 Å². The van der Waals surface area contributed by atoms with Gasteiger partial charge < -0.3 is 9.55 Å². The van der Waals surface area contributed by atoms with Gasteiger partial charge in [-0.25, -0.2) is 9.97 Å². The summed E-state index contributed by atoms with van der Waals surface area (Å²) in [4.78, 5) is 14.1. The molecule has 0 radical (unpaired) electrons. The monoisotopic (exact) mass is 478 g/mol. The van der Waals surface area contributed by atoms with E-state index in [4.69, 9.17) is 9.97 Å². The fraction of sp³-hybridized carbons (Fsp3) is 0.375. The lowest BCUT2D eigenvalue weighted by atomic mass is 10.0. The van der Waals surface area contributed by atoms with Crippen molar-refractivity contribution in [2.45, 2.75) is 74.1 Å². The third-order valence-electron chi connectivity index (χ3n) is 8.09. The van der Waals surface area contributed by atoms with Crippen LogP contribution in [0.4, 0.5) is 0 Å². The number of aromatic amines is 1. The molecule has 0 fully saturated rings. The molecule has 0 saturated heterocycles. The fourth-order valence-electron chi connectivity index (χ4n) is 6.19. The molecule has 0 aliphatic carbocycles. The van der Waals surface area contributed by atoms with Crippen LogP contribution >= 0.6 is 0 Å². The van der Waals surface area contributed by atoms with Crippen LogP contribution in [0.1, 0.15) is 89.4 Å². The van der Waals surface area contributed by atoms with E-state index in [-0.39, 0.29) is 0 Å². The van der Waals surface area contributed by atoms with E-state index in [0.717, 1.165) is 48.5 Å². The normalized spacial score (nSPS) is 12.7. The van der Waals surface area contributed by atoms with E-state index in [2.05, 4.69) is 95.4 Å². The van der Waals surface area contributed by atoms with E-state index in [1.807, 2.05) is 0 Å². The summed E-state index contributed by atoms with van der Waals surface area (Å²) < 4.78 is 2.42. The molecule has 4 nitrogen and oxygen atoms in total. The van der Waals surface area contributed by atoms with Crippen LogP contribution in [-0.2, 0) is 32.7 Å². The molecule has 5 heterocycles. The van der Waals surface area contributed by atoms with Crippen molar-refractivity contribution in [3.8, 4) is 0 Å². The van der Waals surface area contributed by atoms with Crippen LogP contribution in [0.25, 0.3) is 46.4 Å². The lowest BCUT2D eigenvalue weighted by Gasteiger charge is -2.08. The number of fused-ring (bicyclic) bond motifs is 8. The number of rotatable bonds is 4. The third-order valence-corrected chi connectivity index (χ3v) is 8.09. The Balaban J connectivity index is 2.11. The van der Waals surface area contributed by atoms with Crippen molar-refractivity contribution in [1.29, 1.82) is 0 Å². The first kappa shape index (κ1) is 24.3. The zero-order chi connectivity index (χ0) is 25.7. The van der Waals surface area contributed by atoms with Gasteiger partial charge in [0.2, 0.25) is 0 Å². The number of nitrogens with one attached hydrogen (secondary N) is 1. The van der Waals surface area contributed by atoms with E-state index in [1.54, 1.807) is 0 Å². The van der Waals surface area contributed by atoms with Gasteiger partial charge in [-0.1, -0.05) is 27.7 Å². The Kier molecular flexibility index (Phi) is 6.23. The number of aromatic nitrogens is 4. The SMILES string of the molecule is CCc1c2nc(c(CC)c3cc(C)c([nH]3)c(CC)c3c(C)c(C)c(c(CC)c4nc1C=C4)n3C)C=C2. The highest BCUT2D eigenvalue weighted by Crippen LogP contribution is 2.33. The smallest absolute Gasteiger partial charge is 0.0691 e. The van der Waals surface area contributed by atoms with Crippen LogP contribution < -0.4 is 0 Å². The number of nitrogens with zero attached hydrogens (tertiary/aromatic N) is 3. The summed E-state index contributed by atoms with van der Waals surface area (Å²) in [5, 5.41) is 0. The Morgan fingerprint density at radius 1 is 0.639 bits per heavy atom. The topological polar surface area (TPSA) is 46.5 Å². The third kappa shape index (κ3) is 3.57. The zero-order valence-corrected chi connectivity index (χ0v) is 23.1. The Hall–Kier alpha value is -3.40. The fourth-order valence-corrected chi connectivity index (χ4v) is 6.19.